The van der Waals surface area contributed by atoms with Gasteiger partial charge >= 0.3 is 0 Å². The van der Waals surface area contributed by atoms with E-state index in [9.17, 15) is 4.79 Å². The lowest BCUT2D eigenvalue weighted by atomic mass is 9.68. The Morgan fingerprint density at radius 1 is 0.980 bits per heavy atom. The largest absolute Gasteiger partial charge is 0.490 e. The molecule has 1 saturated heterocycles. The van der Waals surface area contributed by atoms with E-state index in [-0.39, 0.29) is 11.5 Å². The maximum absolute atomic E-state index is 14.1. The summed E-state index contributed by atoms with van der Waals surface area (Å²) in [7, 11) is 4.29. The number of aromatic nitrogens is 5. The van der Waals surface area contributed by atoms with Gasteiger partial charge < -0.3 is 24.2 Å². The van der Waals surface area contributed by atoms with Crippen LogP contribution in [0.3, 0.4) is 0 Å². The van der Waals surface area contributed by atoms with Crippen LogP contribution in [0.4, 0.5) is 5.82 Å². The first-order chi connectivity index (χ1) is 24.8. The van der Waals surface area contributed by atoms with Gasteiger partial charge in [0.25, 0.3) is 0 Å². The molecule has 0 radical (unpaired) electrons. The van der Waals surface area contributed by atoms with Crippen LogP contribution in [0.25, 0.3) is 11.0 Å². The van der Waals surface area contributed by atoms with Crippen LogP contribution in [-0.2, 0) is 23.3 Å². The predicted octanol–water partition coefficient (Wildman–Crippen LogP) is 4.53. The van der Waals surface area contributed by atoms with Crippen LogP contribution in [0.15, 0.2) is 42.9 Å². The molecular formula is C39H53N9O3. The first-order valence-corrected chi connectivity index (χ1v) is 18.7. The summed E-state index contributed by atoms with van der Waals surface area (Å²) in [5.41, 5.74) is 5.35. The molecule has 1 aliphatic carbocycles. The van der Waals surface area contributed by atoms with Crippen molar-refractivity contribution in [3.63, 3.8) is 0 Å². The normalized spacial score (nSPS) is 21.0. The molecule has 0 bridgehead atoms. The maximum Gasteiger partial charge on any atom is 0.225 e. The van der Waals surface area contributed by atoms with E-state index in [0.29, 0.717) is 38.8 Å². The van der Waals surface area contributed by atoms with E-state index in [1.54, 1.807) is 6.33 Å². The van der Waals surface area contributed by atoms with Gasteiger partial charge in [0.1, 0.15) is 12.1 Å². The summed E-state index contributed by atoms with van der Waals surface area (Å²) in [6, 6.07) is 10.5. The topological polar surface area (TPSA) is 105 Å². The minimum absolute atomic E-state index is 0.0385. The summed E-state index contributed by atoms with van der Waals surface area (Å²) in [4.78, 5) is 37.3. The number of hydrogen-bond donors (Lipinski definition) is 0. The Morgan fingerprint density at radius 2 is 1.73 bits per heavy atom. The fourth-order valence-corrected chi connectivity index (χ4v) is 8.48. The number of piperazine rings is 1. The number of hydrogen-bond acceptors (Lipinski definition) is 10. The highest BCUT2D eigenvalue weighted by Gasteiger charge is 2.47. The van der Waals surface area contributed by atoms with Crippen molar-refractivity contribution in [1.29, 1.82) is 0 Å². The van der Waals surface area contributed by atoms with Gasteiger partial charge in [-0.1, -0.05) is 6.07 Å². The zero-order valence-electron chi connectivity index (χ0n) is 31.0. The Kier molecular flexibility index (Phi) is 10.4. The van der Waals surface area contributed by atoms with Crippen LogP contribution >= 0.6 is 0 Å². The quantitative estimate of drug-likeness (QED) is 0.222. The number of pyridine rings is 1. The van der Waals surface area contributed by atoms with Crippen molar-refractivity contribution in [2.24, 2.45) is 5.92 Å². The highest BCUT2D eigenvalue weighted by Crippen LogP contribution is 2.50. The Hall–Kier alpha value is -4.29. The van der Waals surface area contributed by atoms with Gasteiger partial charge in [0.05, 0.1) is 37.0 Å². The number of rotatable bonds is 11. The number of fused-ring (bicyclic) bond motifs is 3. The minimum Gasteiger partial charge on any atom is -0.490 e. The number of amides is 1. The van der Waals surface area contributed by atoms with E-state index < -0.39 is 0 Å². The van der Waals surface area contributed by atoms with Crippen LogP contribution in [0.2, 0.25) is 0 Å². The van der Waals surface area contributed by atoms with E-state index in [1.165, 1.54) is 11.1 Å². The van der Waals surface area contributed by atoms with E-state index in [2.05, 4.69) is 65.9 Å². The fourth-order valence-electron chi connectivity index (χ4n) is 8.48. The first-order valence-electron chi connectivity index (χ1n) is 18.7. The zero-order chi connectivity index (χ0) is 35.5. The van der Waals surface area contributed by atoms with Gasteiger partial charge in [0.2, 0.25) is 5.91 Å². The highest BCUT2D eigenvalue weighted by atomic mass is 16.5. The lowest BCUT2D eigenvalue weighted by Crippen LogP contribution is -2.56. The molecule has 0 atom stereocenters. The van der Waals surface area contributed by atoms with Crippen LogP contribution < -0.4 is 14.4 Å². The van der Waals surface area contributed by atoms with Gasteiger partial charge in [-0.25, -0.2) is 14.6 Å². The summed E-state index contributed by atoms with van der Waals surface area (Å²) in [5.74, 6) is 2.89. The third-order valence-corrected chi connectivity index (χ3v) is 11.1. The molecule has 1 amide bonds. The Morgan fingerprint density at radius 3 is 2.43 bits per heavy atom. The molecule has 4 aromatic rings. The predicted molar refractivity (Wildman–Crippen MR) is 198 cm³/mol. The second-order valence-corrected chi connectivity index (χ2v) is 14.5. The van der Waals surface area contributed by atoms with Gasteiger partial charge in [-0.2, -0.15) is 5.10 Å². The SMILES string of the molecule is CCOc1cc2c(cc1OCC)[C@]1(CC[C@@H](C(=O)N3CCN(c4ncnc5c4cnn5Cc4cccc(C)n4)CC3)CC1)N(CCN(C)C)CC2. The number of ether oxygens (including phenoxy) is 2. The Labute approximate surface area is 301 Å². The van der Waals surface area contributed by atoms with Crippen LogP contribution in [0.5, 0.6) is 11.5 Å². The summed E-state index contributed by atoms with van der Waals surface area (Å²) in [5, 5.41) is 5.57. The standard InChI is InChI=1S/C39H53N9O3/c1-6-50-34-23-30-13-16-47(22-17-44(4)5)39(33(30)24-35(34)51-7-2)14-11-29(12-15-39)38(49)46-20-18-45(19-21-46)36-32-25-42-48(37(32)41-27-40-36)26-31-10-8-9-28(3)43-31/h8-10,23-25,27,29H,6-7,11-22,26H2,1-5H3/t29-,39-. The van der Waals surface area contributed by atoms with Gasteiger partial charge in [0.15, 0.2) is 17.1 Å². The summed E-state index contributed by atoms with van der Waals surface area (Å²) < 4.78 is 14.0. The molecule has 272 valence electrons. The second-order valence-electron chi connectivity index (χ2n) is 14.5. The van der Waals surface area contributed by atoms with E-state index in [4.69, 9.17) is 9.47 Å². The molecule has 51 heavy (non-hydrogen) atoms. The van der Waals surface area contributed by atoms with Crippen molar-refractivity contribution in [2.75, 3.05) is 78.0 Å². The minimum atomic E-state index is -0.103. The third-order valence-electron chi connectivity index (χ3n) is 11.1. The van der Waals surface area contributed by atoms with Crippen molar-refractivity contribution in [3.8, 4) is 11.5 Å². The van der Waals surface area contributed by atoms with E-state index in [0.717, 1.165) is 105 Å². The van der Waals surface area contributed by atoms with Gasteiger partial charge in [-0.3, -0.25) is 14.7 Å². The lowest BCUT2D eigenvalue weighted by Gasteiger charge is -2.52. The van der Waals surface area contributed by atoms with Gasteiger partial charge in [-0.15, -0.1) is 0 Å². The number of carbonyl (C=O) groups excluding carboxylic acids is 1. The van der Waals surface area contributed by atoms with Gasteiger partial charge in [0, 0.05) is 63.0 Å². The molecule has 0 unspecified atom stereocenters. The van der Waals surface area contributed by atoms with Crippen molar-refractivity contribution in [1.82, 2.24) is 39.4 Å². The molecule has 12 heteroatoms. The number of carbonyl (C=O) groups is 1. The molecule has 2 fully saturated rings. The molecule has 2 aliphatic heterocycles. The highest BCUT2D eigenvalue weighted by molar-refractivity contribution is 5.87. The smallest absolute Gasteiger partial charge is 0.225 e. The maximum atomic E-state index is 14.1. The number of aryl methyl sites for hydroxylation is 1. The molecule has 1 aromatic carbocycles. The molecule has 0 N–H and O–H groups in total. The number of benzene rings is 1. The van der Waals surface area contributed by atoms with Crippen LogP contribution in [0, 0.1) is 12.8 Å². The van der Waals surface area contributed by atoms with Crippen molar-refractivity contribution < 1.29 is 14.3 Å². The Bertz CT molecular complexity index is 1830. The van der Waals surface area contributed by atoms with Crippen LogP contribution in [0.1, 0.15) is 62.0 Å². The van der Waals surface area contributed by atoms with Crippen molar-refractivity contribution in [2.45, 2.75) is 65.0 Å². The number of likely N-dealkylation sites (N-methyl/N-ethyl adjacent to an activating group) is 1. The monoisotopic (exact) mass is 695 g/mol. The average molecular weight is 696 g/mol. The number of nitrogens with zero attached hydrogens (tertiary/aromatic N) is 9. The van der Waals surface area contributed by atoms with Gasteiger partial charge in [-0.05, 0) is 102 Å². The summed E-state index contributed by atoms with van der Waals surface area (Å²) in [6.07, 6.45) is 8.16. The fraction of sp³-hybridized carbons (Fsp3) is 0.564. The molecule has 3 aliphatic rings. The lowest BCUT2D eigenvalue weighted by molar-refractivity contribution is -0.138. The summed E-state index contributed by atoms with van der Waals surface area (Å²) in [6.45, 7) is 13.6. The van der Waals surface area contributed by atoms with E-state index >= 15 is 0 Å². The third kappa shape index (κ3) is 7.13. The molecule has 5 heterocycles. The molecule has 1 spiro atoms. The molecule has 3 aromatic heterocycles. The first kappa shape index (κ1) is 35.1. The average Bonchev–Trinajstić information content (AvgIpc) is 3.55. The number of anilines is 1. The van der Waals surface area contributed by atoms with Crippen LogP contribution in [-0.4, -0.2) is 118 Å². The molecule has 1 saturated carbocycles. The summed E-state index contributed by atoms with van der Waals surface area (Å²) >= 11 is 0. The zero-order valence-corrected chi connectivity index (χ0v) is 31.0. The molecule has 7 rings (SSSR count). The second kappa shape index (κ2) is 15.1. The van der Waals surface area contributed by atoms with Crippen molar-refractivity contribution in [3.05, 3.63) is 65.4 Å². The molecule has 12 nitrogen and oxygen atoms in total. The molecular weight excluding hydrogens is 642 g/mol. The van der Waals surface area contributed by atoms with Crippen molar-refractivity contribution >= 4 is 22.8 Å². The van der Waals surface area contributed by atoms with E-state index in [1.807, 2.05) is 49.8 Å². The Balaban J connectivity index is 1.03.